The van der Waals surface area contributed by atoms with Crippen molar-refractivity contribution in [3.05, 3.63) is 54.4 Å². The summed E-state index contributed by atoms with van der Waals surface area (Å²) in [6.07, 6.45) is -3.09. The van der Waals surface area contributed by atoms with Gasteiger partial charge in [0.05, 0.1) is 28.6 Å². The average molecular weight is 412 g/mol. The summed E-state index contributed by atoms with van der Waals surface area (Å²) in [5.41, 5.74) is 0.761. The highest BCUT2D eigenvalue weighted by molar-refractivity contribution is 7.79. The molecular weight excluding hydrogens is 397 g/mol. The lowest BCUT2D eigenvalue weighted by atomic mass is 10.2. The number of anilines is 2. The van der Waals surface area contributed by atoms with Crippen LogP contribution in [0.5, 0.6) is 0 Å². The second-order valence-electron chi connectivity index (χ2n) is 5.82. The Morgan fingerprint density at radius 1 is 1.21 bits per heavy atom. The van der Waals surface area contributed by atoms with Gasteiger partial charge in [-0.15, -0.1) is 0 Å². The van der Waals surface area contributed by atoms with E-state index in [4.69, 9.17) is 4.55 Å². The molecule has 0 bridgehead atoms. The third kappa shape index (κ3) is 4.67. The van der Waals surface area contributed by atoms with Gasteiger partial charge in [0, 0.05) is 5.69 Å². The normalized spacial score (nSPS) is 12.7. The van der Waals surface area contributed by atoms with Crippen molar-refractivity contribution in [1.29, 1.82) is 0 Å². The number of amides is 1. The minimum absolute atomic E-state index is 0.0262. The molecule has 3 aromatic rings. The Balaban J connectivity index is 1.79. The van der Waals surface area contributed by atoms with Crippen LogP contribution in [0, 0.1) is 0 Å². The van der Waals surface area contributed by atoms with Gasteiger partial charge in [-0.25, -0.2) is 9.19 Å². The van der Waals surface area contributed by atoms with Crippen molar-refractivity contribution in [2.24, 2.45) is 0 Å². The van der Waals surface area contributed by atoms with E-state index in [-0.39, 0.29) is 18.1 Å². The van der Waals surface area contributed by atoms with Gasteiger partial charge >= 0.3 is 6.18 Å². The van der Waals surface area contributed by atoms with Crippen LogP contribution < -0.4 is 10.6 Å². The molecule has 3 N–H and O–H groups in total. The molecule has 0 aliphatic rings. The van der Waals surface area contributed by atoms with Crippen LogP contribution in [0.1, 0.15) is 5.56 Å². The molecule has 1 amide bonds. The number of carbonyl (C=O) groups excluding carboxylic acids is 1. The predicted molar refractivity (Wildman–Crippen MR) is 99.1 cm³/mol. The lowest BCUT2D eigenvalue weighted by molar-refractivity contribution is -0.137. The Kier molecular flexibility index (Phi) is 5.66. The van der Waals surface area contributed by atoms with Crippen molar-refractivity contribution in [3.63, 3.8) is 0 Å². The lowest BCUT2D eigenvalue weighted by Crippen LogP contribution is -2.19. The number of rotatable bonds is 6. The van der Waals surface area contributed by atoms with E-state index in [1.54, 1.807) is 18.2 Å². The van der Waals surface area contributed by atoms with Crippen molar-refractivity contribution in [1.82, 2.24) is 9.55 Å². The fourth-order valence-electron chi connectivity index (χ4n) is 2.66. The first kappa shape index (κ1) is 19.8. The fourth-order valence-corrected chi connectivity index (χ4v) is 2.94. The van der Waals surface area contributed by atoms with Gasteiger partial charge in [0.2, 0.25) is 5.91 Å². The summed E-state index contributed by atoms with van der Waals surface area (Å²) < 4.78 is 59.7. The number of nitrogens with one attached hydrogen (secondary N) is 2. The maximum Gasteiger partial charge on any atom is 0.416 e. The van der Waals surface area contributed by atoms with Gasteiger partial charge in [-0.3, -0.25) is 4.79 Å². The molecule has 0 aliphatic carbocycles. The minimum atomic E-state index is -4.51. The number of hydrogen-bond donors (Lipinski definition) is 3. The monoisotopic (exact) mass is 412 g/mol. The molecule has 7 nitrogen and oxygen atoms in total. The van der Waals surface area contributed by atoms with Gasteiger partial charge in [0.15, 0.2) is 11.1 Å². The highest BCUT2D eigenvalue weighted by Crippen LogP contribution is 2.30. The number of halogens is 3. The Labute approximate surface area is 159 Å². The summed E-state index contributed by atoms with van der Waals surface area (Å²) in [5, 5.41) is 5.22. The first-order valence-corrected chi connectivity index (χ1v) is 9.24. The molecule has 28 heavy (non-hydrogen) atoms. The van der Waals surface area contributed by atoms with Crippen molar-refractivity contribution in [2.45, 2.75) is 12.7 Å². The second-order valence-corrected chi connectivity index (χ2v) is 6.75. The zero-order valence-electron chi connectivity index (χ0n) is 14.2. The third-order valence-corrected chi connectivity index (χ3v) is 4.20. The molecule has 0 radical (unpaired) electrons. The highest BCUT2D eigenvalue weighted by atomic mass is 32.2. The second kappa shape index (κ2) is 7.98. The quantitative estimate of drug-likeness (QED) is 0.540. The first-order chi connectivity index (χ1) is 13.2. The van der Waals surface area contributed by atoms with E-state index in [0.29, 0.717) is 16.7 Å². The maximum atomic E-state index is 12.8. The van der Waals surface area contributed by atoms with Crippen LogP contribution in [0.15, 0.2) is 48.8 Å². The summed E-state index contributed by atoms with van der Waals surface area (Å²) >= 11 is -2.06. The molecule has 1 heterocycles. The largest absolute Gasteiger partial charge is 0.416 e. The number of hydrogen-bond acceptors (Lipinski definition) is 4. The average Bonchev–Trinajstić information content (AvgIpc) is 3.03. The molecule has 2 aromatic carbocycles. The molecule has 0 spiro atoms. The summed E-state index contributed by atoms with van der Waals surface area (Å²) in [6, 6.07) is 9.42. The van der Waals surface area contributed by atoms with E-state index in [9.17, 15) is 22.2 Å². The van der Waals surface area contributed by atoms with Gasteiger partial charge in [0.1, 0.15) is 12.4 Å². The number of nitrogens with zero attached hydrogens (tertiary/aromatic N) is 2. The summed E-state index contributed by atoms with van der Waals surface area (Å²) in [7, 11) is 0. The van der Waals surface area contributed by atoms with E-state index >= 15 is 0 Å². The first-order valence-electron chi connectivity index (χ1n) is 7.96. The minimum Gasteiger partial charge on any atom is -0.370 e. The van der Waals surface area contributed by atoms with Crippen molar-refractivity contribution in [3.8, 4) is 0 Å². The Hall–Kier alpha value is -2.92. The molecule has 148 valence electrons. The molecule has 0 saturated heterocycles. The standard InChI is InChI=1S/C17H15F3N4O3S/c18-17(19,20)11-3-1-4-12(7-11)23-15(25)8-24-9-21-13-5-2-6-14(16(13)24)22-10-28(26)27/h1-7,9,22H,8,10H2,(H,23,25)(H,26,27). The Morgan fingerprint density at radius 2 is 1.96 bits per heavy atom. The van der Waals surface area contributed by atoms with Crippen molar-refractivity contribution < 1.29 is 26.7 Å². The number of imidazole rings is 1. The topological polar surface area (TPSA) is 96.2 Å². The number of fused-ring (bicyclic) bond motifs is 1. The number of alkyl halides is 3. The zero-order valence-corrected chi connectivity index (χ0v) is 15.0. The molecule has 11 heteroatoms. The molecule has 0 fully saturated rings. The molecule has 1 unspecified atom stereocenters. The Bertz CT molecular complexity index is 1040. The van der Waals surface area contributed by atoms with E-state index in [0.717, 1.165) is 12.1 Å². The summed E-state index contributed by atoms with van der Waals surface area (Å²) in [5.74, 6) is -0.750. The van der Waals surface area contributed by atoms with Gasteiger partial charge in [0.25, 0.3) is 0 Å². The van der Waals surface area contributed by atoms with Crippen LogP contribution in [-0.4, -0.2) is 30.1 Å². The van der Waals surface area contributed by atoms with Crippen LogP contribution in [0.3, 0.4) is 0 Å². The van der Waals surface area contributed by atoms with E-state index in [1.807, 2.05) is 0 Å². The molecule has 0 saturated carbocycles. The van der Waals surface area contributed by atoms with E-state index in [2.05, 4.69) is 15.6 Å². The van der Waals surface area contributed by atoms with E-state index < -0.39 is 28.7 Å². The lowest BCUT2D eigenvalue weighted by Gasteiger charge is -2.12. The summed E-state index contributed by atoms with van der Waals surface area (Å²) in [4.78, 5) is 16.5. The van der Waals surface area contributed by atoms with Crippen LogP contribution >= 0.6 is 0 Å². The summed E-state index contributed by atoms with van der Waals surface area (Å²) in [6.45, 7) is -0.201. The molecule has 0 aliphatic heterocycles. The van der Waals surface area contributed by atoms with Gasteiger partial charge in [-0.2, -0.15) is 13.2 Å². The Morgan fingerprint density at radius 3 is 2.68 bits per heavy atom. The SMILES string of the molecule is O=C(Cn1cnc2cccc(NCS(=O)O)c21)Nc1cccc(C(F)(F)F)c1. The predicted octanol–water partition coefficient (Wildman–Crippen LogP) is 3.28. The zero-order chi connectivity index (χ0) is 20.3. The molecule has 1 aromatic heterocycles. The van der Waals surface area contributed by atoms with Gasteiger partial charge in [-0.05, 0) is 30.3 Å². The number of benzene rings is 2. The van der Waals surface area contributed by atoms with Crippen LogP contribution in [0.25, 0.3) is 11.0 Å². The smallest absolute Gasteiger partial charge is 0.370 e. The van der Waals surface area contributed by atoms with Crippen LogP contribution in [0.2, 0.25) is 0 Å². The van der Waals surface area contributed by atoms with Gasteiger partial charge < -0.3 is 19.8 Å². The molecule has 1 atom stereocenters. The van der Waals surface area contributed by atoms with Crippen LogP contribution in [0.4, 0.5) is 24.5 Å². The fraction of sp³-hybridized carbons (Fsp3) is 0.176. The van der Waals surface area contributed by atoms with Crippen molar-refractivity contribution in [2.75, 3.05) is 16.5 Å². The number of para-hydroxylation sites is 1. The third-order valence-electron chi connectivity index (χ3n) is 3.81. The number of carbonyl (C=O) groups is 1. The molecular formula is C17H15F3N4O3S. The maximum absolute atomic E-state index is 12.8. The highest BCUT2D eigenvalue weighted by Gasteiger charge is 2.30. The van der Waals surface area contributed by atoms with E-state index in [1.165, 1.54) is 23.0 Å². The van der Waals surface area contributed by atoms with Crippen molar-refractivity contribution >= 4 is 39.4 Å². The number of aromatic nitrogens is 2. The van der Waals surface area contributed by atoms with Gasteiger partial charge in [-0.1, -0.05) is 12.1 Å². The van der Waals surface area contributed by atoms with Crippen LogP contribution in [-0.2, 0) is 28.6 Å². The molecule has 3 rings (SSSR count).